The maximum absolute atomic E-state index is 5.69. The van der Waals surface area contributed by atoms with E-state index in [0.717, 1.165) is 31.3 Å². The summed E-state index contributed by atoms with van der Waals surface area (Å²) in [6.07, 6.45) is 5.76. The number of rotatable bonds is 5. The first kappa shape index (κ1) is 14.9. The highest BCUT2D eigenvalue weighted by Gasteiger charge is 2.22. The first-order chi connectivity index (χ1) is 10.7. The van der Waals surface area contributed by atoms with Gasteiger partial charge in [-0.25, -0.2) is 9.97 Å². The minimum Gasteiger partial charge on any atom is -0.463 e. The molecule has 2 aromatic rings. The van der Waals surface area contributed by atoms with E-state index in [1.165, 1.54) is 12.8 Å². The summed E-state index contributed by atoms with van der Waals surface area (Å²) in [5.74, 6) is 2.48. The zero-order valence-corrected chi connectivity index (χ0v) is 13.1. The number of hydrogen-bond acceptors (Lipinski definition) is 6. The summed E-state index contributed by atoms with van der Waals surface area (Å²) in [7, 11) is 2.02. The second kappa shape index (κ2) is 6.83. The second-order valence-corrected chi connectivity index (χ2v) is 5.81. The van der Waals surface area contributed by atoms with Crippen molar-refractivity contribution in [2.75, 3.05) is 19.7 Å². The lowest BCUT2D eigenvalue weighted by atomic mass is 9.99. The van der Waals surface area contributed by atoms with Gasteiger partial charge in [0.15, 0.2) is 0 Å². The van der Waals surface area contributed by atoms with E-state index in [4.69, 9.17) is 4.74 Å². The molecule has 0 radical (unpaired) electrons. The first-order valence-corrected chi connectivity index (χ1v) is 7.69. The lowest BCUT2D eigenvalue weighted by molar-refractivity contribution is 0.118. The number of ether oxygens (including phenoxy) is 1. The molecule has 1 atom stereocenters. The summed E-state index contributed by atoms with van der Waals surface area (Å²) in [5, 5.41) is 8.37. The topological polar surface area (TPSA) is 69.0 Å². The van der Waals surface area contributed by atoms with E-state index in [2.05, 4.69) is 29.6 Å². The number of hydrogen-bond donors (Lipinski definition) is 0. The number of aromatic nitrogens is 5. The summed E-state index contributed by atoms with van der Waals surface area (Å²) in [4.78, 5) is 10.6. The molecular weight excluding hydrogens is 280 g/mol. The molecule has 3 heterocycles. The van der Waals surface area contributed by atoms with Crippen molar-refractivity contribution in [3.63, 3.8) is 0 Å². The summed E-state index contributed by atoms with van der Waals surface area (Å²) >= 11 is 0. The van der Waals surface area contributed by atoms with E-state index in [-0.39, 0.29) is 0 Å². The predicted molar refractivity (Wildman–Crippen MR) is 81.3 cm³/mol. The van der Waals surface area contributed by atoms with Crippen LogP contribution in [0.15, 0.2) is 18.5 Å². The van der Waals surface area contributed by atoms with Gasteiger partial charge in [-0.15, -0.1) is 10.2 Å². The fraction of sp³-hybridized carbons (Fsp3) is 0.600. The van der Waals surface area contributed by atoms with E-state index in [1.807, 2.05) is 14.0 Å². The molecule has 0 saturated carbocycles. The van der Waals surface area contributed by atoms with Crippen molar-refractivity contribution >= 4 is 0 Å². The Bertz CT molecular complexity index is 599. The molecule has 118 valence electrons. The third-order valence-corrected chi connectivity index (χ3v) is 4.14. The molecule has 7 nitrogen and oxygen atoms in total. The minimum atomic E-state index is 0.462. The molecule has 1 aliphatic heterocycles. The van der Waals surface area contributed by atoms with Crippen molar-refractivity contribution in [3.05, 3.63) is 30.1 Å². The van der Waals surface area contributed by atoms with Gasteiger partial charge < -0.3 is 9.30 Å². The van der Waals surface area contributed by atoms with Crippen LogP contribution in [-0.4, -0.2) is 49.3 Å². The summed E-state index contributed by atoms with van der Waals surface area (Å²) in [6, 6.07) is 2.25. The van der Waals surface area contributed by atoms with Crippen LogP contribution in [-0.2, 0) is 13.6 Å². The summed E-state index contributed by atoms with van der Waals surface area (Å²) < 4.78 is 7.74. The number of likely N-dealkylation sites (tertiary alicyclic amines) is 1. The predicted octanol–water partition coefficient (Wildman–Crippen LogP) is 1.20. The Hall–Kier alpha value is -2.02. The van der Waals surface area contributed by atoms with Gasteiger partial charge in [-0.05, 0) is 32.4 Å². The highest BCUT2D eigenvalue weighted by atomic mass is 16.5. The smallest absolute Gasteiger partial charge is 0.316 e. The Morgan fingerprint density at radius 2 is 2.09 bits per heavy atom. The van der Waals surface area contributed by atoms with Gasteiger partial charge in [-0.1, -0.05) is 0 Å². The van der Waals surface area contributed by atoms with Gasteiger partial charge in [0.05, 0.1) is 13.2 Å². The minimum absolute atomic E-state index is 0.462. The lowest BCUT2D eigenvalue weighted by Gasteiger charge is -2.31. The monoisotopic (exact) mass is 302 g/mol. The third-order valence-electron chi connectivity index (χ3n) is 4.14. The van der Waals surface area contributed by atoms with Crippen LogP contribution in [0.2, 0.25) is 0 Å². The molecule has 2 aromatic heterocycles. The molecule has 0 bridgehead atoms. The van der Waals surface area contributed by atoms with Crippen molar-refractivity contribution in [2.24, 2.45) is 13.0 Å². The zero-order chi connectivity index (χ0) is 15.4. The molecule has 0 spiro atoms. The number of piperidine rings is 1. The molecule has 1 saturated heterocycles. The maximum Gasteiger partial charge on any atom is 0.316 e. The molecule has 1 unspecified atom stereocenters. The van der Waals surface area contributed by atoms with Crippen LogP contribution in [0, 0.1) is 12.8 Å². The van der Waals surface area contributed by atoms with Crippen molar-refractivity contribution in [1.29, 1.82) is 0 Å². The molecule has 0 N–H and O–H groups in total. The largest absolute Gasteiger partial charge is 0.463 e. The number of aryl methyl sites for hydroxylation is 1. The molecule has 1 aliphatic rings. The van der Waals surface area contributed by atoms with Crippen LogP contribution in [0.4, 0.5) is 0 Å². The molecule has 3 rings (SSSR count). The average molecular weight is 302 g/mol. The van der Waals surface area contributed by atoms with Crippen molar-refractivity contribution in [1.82, 2.24) is 29.6 Å². The van der Waals surface area contributed by atoms with E-state index in [9.17, 15) is 0 Å². The fourth-order valence-electron chi connectivity index (χ4n) is 2.77. The molecule has 22 heavy (non-hydrogen) atoms. The Labute approximate surface area is 130 Å². The molecule has 0 aromatic carbocycles. The normalized spacial score (nSPS) is 19.3. The second-order valence-electron chi connectivity index (χ2n) is 5.81. The van der Waals surface area contributed by atoms with Crippen LogP contribution >= 0.6 is 0 Å². The molecule has 1 fully saturated rings. The van der Waals surface area contributed by atoms with Crippen molar-refractivity contribution < 1.29 is 4.74 Å². The van der Waals surface area contributed by atoms with Crippen molar-refractivity contribution in [2.45, 2.75) is 26.3 Å². The van der Waals surface area contributed by atoms with E-state index in [1.54, 1.807) is 18.5 Å². The Balaban J connectivity index is 1.52. The standard InChI is InChI=1S/C15H22N6O/c1-12-18-19-14(20(12)2)10-21-8-3-5-13(9-21)11-22-15-16-6-4-7-17-15/h4,6-7,13H,3,5,8-11H2,1-2H3. The quantitative estimate of drug-likeness (QED) is 0.827. The van der Waals surface area contributed by atoms with Gasteiger partial charge in [0.2, 0.25) is 0 Å². The first-order valence-electron chi connectivity index (χ1n) is 7.69. The van der Waals surface area contributed by atoms with E-state index < -0.39 is 0 Å². The van der Waals surface area contributed by atoms with E-state index in [0.29, 0.717) is 18.5 Å². The Morgan fingerprint density at radius 3 is 2.82 bits per heavy atom. The lowest BCUT2D eigenvalue weighted by Crippen LogP contribution is -2.37. The van der Waals surface area contributed by atoms with Gasteiger partial charge >= 0.3 is 6.01 Å². The summed E-state index contributed by atoms with van der Waals surface area (Å²) in [5.41, 5.74) is 0. The van der Waals surface area contributed by atoms with Crippen molar-refractivity contribution in [3.8, 4) is 6.01 Å². The fourth-order valence-corrected chi connectivity index (χ4v) is 2.77. The summed E-state index contributed by atoms with van der Waals surface area (Å²) in [6.45, 7) is 5.60. The molecule has 0 amide bonds. The molecular formula is C15H22N6O. The van der Waals surface area contributed by atoms with Gasteiger partial charge in [-0.2, -0.15) is 0 Å². The van der Waals surface area contributed by atoms with Crippen LogP contribution in [0.5, 0.6) is 6.01 Å². The highest BCUT2D eigenvalue weighted by molar-refractivity contribution is 4.95. The number of nitrogens with zero attached hydrogens (tertiary/aromatic N) is 6. The zero-order valence-electron chi connectivity index (χ0n) is 13.1. The van der Waals surface area contributed by atoms with E-state index >= 15 is 0 Å². The van der Waals surface area contributed by atoms with Gasteiger partial charge in [0.25, 0.3) is 0 Å². The van der Waals surface area contributed by atoms with Crippen LogP contribution in [0.25, 0.3) is 0 Å². The third kappa shape index (κ3) is 3.59. The Kier molecular flexibility index (Phi) is 4.62. The van der Waals surface area contributed by atoms with Gasteiger partial charge in [-0.3, -0.25) is 4.90 Å². The van der Waals surface area contributed by atoms with Gasteiger partial charge in [0.1, 0.15) is 11.6 Å². The average Bonchev–Trinajstić information content (AvgIpc) is 2.86. The highest BCUT2D eigenvalue weighted by Crippen LogP contribution is 2.19. The van der Waals surface area contributed by atoms with Gasteiger partial charge in [0, 0.05) is 31.9 Å². The Morgan fingerprint density at radius 1 is 1.27 bits per heavy atom. The molecule has 0 aliphatic carbocycles. The van der Waals surface area contributed by atoms with Crippen LogP contribution in [0.3, 0.4) is 0 Å². The SMILES string of the molecule is Cc1nnc(CN2CCCC(COc3ncccn3)C2)n1C. The van der Waals surface area contributed by atoms with Crippen LogP contribution < -0.4 is 4.74 Å². The maximum atomic E-state index is 5.69. The molecule has 7 heteroatoms. The van der Waals surface area contributed by atoms with Crippen LogP contribution in [0.1, 0.15) is 24.5 Å².